The molecule has 1 unspecified atom stereocenters. The second-order valence-corrected chi connectivity index (χ2v) is 7.11. The minimum Gasteiger partial charge on any atom is -0.378 e. The number of nitrogens with two attached hydrogens (primary N) is 1. The molecule has 2 amide bonds. The van der Waals surface area contributed by atoms with Crippen LogP contribution in [-0.2, 0) is 5.60 Å². The number of carbonyl (C=O) groups is 1. The highest BCUT2D eigenvalue weighted by Crippen LogP contribution is 2.45. The van der Waals surface area contributed by atoms with E-state index in [1.54, 1.807) is 61.2 Å². The van der Waals surface area contributed by atoms with Crippen molar-refractivity contribution in [3.05, 3.63) is 126 Å². The average Bonchev–Trinajstić information content (AvgIpc) is 2.84. The van der Waals surface area contributed by atoms with Crippen LogP contribution in [0.1, 0.15) is 22.7 Å². The molecule has 0 bridgehead atoms. The lowest BCUT2D eigenvalue weighted by molar-refractivity contribution is 0.0494. The summed E-state index contributed by atoms with van der Waals surface area (Å²) in [5, 5.41) is 12.4. The van der Waals surface area contributed by atoms with E-state index in [9.17, 15) is 9.90 Å². The third kappa shape index (κ3) is 3.89. The number of benzene rings is 2. The van der Waals surface area contributed by atoms with Gasteiger partial charge in [-0.15, -0.1) is 0 Å². The van der Waals surface area contributed by atoms with Crippen molar-refractivity contribution >= 4 is 11.7 Å². The lowest BCUT2D eigenvalue weighted by Gasteiger charge is -2.43. The molecule has 2 aromatic heterocycles. The van der Waals surface area contributed by atoms with Crippen molar-refractivity contribution in [1.29, 1.82) is 0 Å². The molecule has 2 heterocycles. The van der Waals surface area contributed by atoms with Crippen molar-refractivity contribution < 1.29 is 9.90 Å². The van der Waals surface area contributed by atoms with E-state index >= 15 is 0 Å². The Labute approximate surface area is 180 Å². The predicted octanol–water partition coefficient (Wildman–Crippen LogP) is 4.04. The Kier molecular flexibility index (Phi) is 5.73. The van der Waals surface area contributed by atoms with Gasteiger partial charge in [0, 0.05) is 41.6 Å². The topological polar surface area (TPSA) is 92.3 Å². The van der Waals surface area contributed by atoms with Gasteiger partial charge in [-0.05, 0) is 29.8 Å². The molecule has 31 heavy (non-hydrogen) atoms. The van der Waals surface area contributed by atoms with Crippen LogP contribution in [0.2, 0.25) is 0 Å². The van der Waals surface area contributed by atoms with E-state index in [1.165, 1.54) is 4.90 Å². The van der Waals surface area contributed by atoms with Crippen LogP contribution in [0, 0.1) is 0 Å². The first-order valence-electron chi connectivity index (χ1n) is 9.84. The number of primary amides is 1. The molecule has 0 fully saturated rings. The van der Waals surface area contributed by atoms with Gasteiger partial charge in [0.15, 0.2) is 0 Å². The number of carbonyl (C=O) groups excluding carboxylic acids is 1. The molecule has 0 spiro atoms. The Hall–Kier alpha value is -4.03. The number of urea groups is 1. The Morgan fingerprint density at radius 2 is 1.32 bits per heavy atom. The summed E-state index contributed by atoms with van der Waals surface area (Å²) in [5.74, 6) is 0. The summed E-state index contributed by atoms with van der Waals surface area (Å²) in [6, 6.07) is 23.9. The van der Waals surface area contributed by atoms with E-state index in [-0.39, 0.29) is 0 Å². The van der Waals surface area contributed by atoms with Crippen LogP contribution in [0.4, 0.5) is 10.5 Å². The predicted molar refractivity (Wildman–Crippen MR) is 119 cm³/mol. The summed E-state index contributed by atoms with van der Waals surface area (Å²) in [5.41, 5.74) is 6.52. The third-order valence-corrected chi connectivity index (χ3v) is 5.24. The van der Waals surface area contributed by atoms with Gasteiger partial charge in [-0.2, -0.15) is 0 Å². The minimum atomic E-state index is -1.69. The number of nitrogens with zero attached hydrogens (tertiary/aromatic N) is 3. The van der Waals surface area contributed by atoms with Crippen molar-refractivity contribution in [2.75, 3.05) is 4.90 Å². The Morgan fingerprint density at radius 1 is 0.806 bits per heavy atom. The molecule has 0 aliphatic carbocycles. The average molecular weight is 410 g/mol. The maximum atomic E-state index is 12.8. The van der Waals surface area contributed by atoms with Crippen LogP contribution in [0.3, 0.4) is 0 Å². The molecular formula is C25H22N4O2. The lowest BCUT2D eigenvalue weighted by atomic mass is 9.77. The fourth-order valence-electron chi connectivity index (χ4n) is 3.86. The maximum absolute atomic E-state index is 12.8. The van der Waals surface area contributed by atoms with Crippen molar-refractivity contribution in [1.82, 2.24) is 9.97 Å². The van der Waals surface area contributed by atoms with Crippen LogP contribution in [-0.4, -0.2) is 21.1 Å². The number of aromatic nitrogens is 2. The number of amides is 2. The normalized spacial score (nSPS) is 12.2. The van der Waals surface area contributed by atoms with E-state index in [2.05, 4.69) is 9.97 Å². The first kappa shape index (κ1) is 20.3. The zero-order valence-corrected chi connectivity index (χ0v) is 16.7. The number of hydrogen-bond donors (Lipinski definition) is 2. The quantitative estimate of drug-likeness (QED) is 0.502. The molecule has 2 aromatic carbocycles. The summed E-state index contributed by atoms with van der Waals surface area (Å²) in [7, 11) is 0. The van der Waals surface area contributed by atoms with E-state index < -0.39 is 17.7 Å². The number of hydrogen-bond acceptors (Lipinski definition) is 4. The number of aliphatic hydroxyl groups is 1. The molecule has 0 aliphatic rings. The monoisotopic (exact) mass is 410 g/mol. The summed E-state index contributed by atoms with van der Waals surface area (Å²) in [4.78, 5) is 22.7. The largest absolute Gasteiger partial charge is 0.378 e. The second kappa shape index (κ2) is 8.77. The van der Waals surface area contributed by atoms with Crippen molar-refractivity contribution in [3.63, 3.8) is 0 Å². The Morgan fingerprint density at radius 3 is 1.77 bits per heavy atom. The van der Waals surface area contributed by atoms with Gasteiger partial charge in [-0.1, -0.05) is 60.7 Å². The second-order valence-electron chi connectivity index (χ2n) is 7.11. The Bertz CT molecular complexity index is 1080. The fraction of sp³-hybridized carbons (Fsp3) is 0.0800. The number of anilines is 1. The molecule has 1 atom stereocenters. The van der Waals surface area contributed by atoms with Gasteiger partial charge in [0.25, 0.3) is 0 Å². The van der Waals surface area contributed by atoms with Crippen LogP contribution in [0.25, 0.3) is 0 Å². The smallest absolute Gasteiger partial charge is 0.319 e. The molecule has 4 aromatic rings. The summed E-state index contributed by atoms with van der Waals surface area (Å²) < 4.78 is 0. The van der Waals surface area contributed by atoms with Crippen LogP contribution >= 0.6 is 0 Å². The van der Waals surface area contributed by atoms with Gasteiger partial charge in [-0.25, -0.2) is 4.79 Å². The van der Waals surface area contributed by atoms with Crippen molar-refractivity contribution in [2.45, 2.75) is 11.6 Å². The van der Waals surface area contributed by atoms with E-state index in [4.69, 9.17) is 5.73 Å². The number of para-hydroxylation sites is 1. The van der Waals surface area contributed by atoms with Crippen molar-refractivity contribution in [2.24, 2.45) is 5.73 Å². The first-order chi connectivity index (χ1) is 15.1. The molecule has 0 aliphatic heterocycles. The van der Waals surface area contributed by atoms with Gasteiger partial charge in [0.1, 0.15) is 11.6 Å². The number of pyridine rings is 2. The highest BCUT2D eigenvalue weighted by atomic mass is 16.3. The SMILES string of the molecule is NC(=O)N(c1ccccc1)C(c1ccccc1)C(O)(c1cccnc1)c1cccnc1. The van der Waals surface area contributed by atoms with E-state index in [1.807, 2.05) is 48.5 Å². The highest BCUT2D eigenvalue weighted by Gasteiger charge is 2.46. The van der Waals surface area contributed by atoms with Gasteiger partial charge in [0.2, 0.25) is 0 Å². The zero-order chi connectivity index (χ0) is 21.7. The summed E-state index contributed by atoms with van der Waals surface area (Å²) in [6.45, 7) is 0. The van der Waals surface area contributed by atoms with E-state index in [0.717, 1.165) is 0 Å². The summed E-state index contributed by atoms with van der Waals surface area (Å²) in [6.07, 6.45) is 6.45. The molecule has 0 saturated carbocycles. The van der Waals surface area contributed by atoms with Crippen molar-refractivity contribution in [3.8, 4) is 0 Å². The Balaban J connectivity index is 2.04. The summed E-state index contributed by atoms with van der Waals surface area (Å²) >= 11 is 0. The van der Waals surface area contributed by atoms with Crippen LogP contribution in [0.15, 0.2) is 110 Å². The maximum Gasteiger partial charge on any atom is 0.319 e. The number of rotatable bonds is 6. The zero-order valence-electron chi connectivity index (χ0n) is 16.7. The van der Waals surface area contributed by atoms with Crippen LogP contribution in [0.5, 0.6) is 0 Å². The lowest BCUT2D eigenvalue weighted by Crippen LogP contribution is -2.50. The van der Waals surface area contributed by atoms with Gasteiger partial charge in [-0.3, -0.25) is 14.9 Å². The van der Waals surface area contributed by atoms with Gasteiger partial charge < -0.3 is 10.8 Å². The molecule has 0 saturated heterocycles. The molecule has 6 nitrogen and oxygen atoms in total. The third-order valence-electron chi connectivity index (χ3n) is 5.24. The first-order valence-corrected chi connectivity index (χ1v) is 9.84. The molecule has 154 valence electrons. The molecular weight excluding hydrogens is 388 g/mol. The van der Waals surface area contributed by atoms with Gasteiger partial charge in [0.05, 0.1) is 0 Å². The molecule has 0 radical (unpaired) electrons. The van der Waals surface area contributed by atoms with E-state index in [0.29, 0.717) is 22.4 Å². The van der Waals surface area contributed by atoms with Gasteiger partial charge >= 0.3 is 6.03 Å². The standard InChI is InChI=1S/C25H22N4O2/c26-24(30)29(22-13-5-2-6-14-22)23(19-9-3-1-4-10-19)25(31,20-11-7-15-27-17-20)21-12-8-16-28-18-21/h1-18,23,31H,(H2,26,30). The molecule has 6 heteroatoms. The molecule has 3 N–H and O–H groups in total. The molecule has 4 rings (SSSR count). The minimum absolute atomic E-state index is 0.513. The fourth-order valence-corrected chi connectivity index (χ4v) is 3.86. The van der Waals surface area contributed by atoms with Crippen LogP contribution < -0.4 is 10.6 Å². The highest BCUT2D eigenvalue weighted by molar-refractivity contribution is 5.92.